The summed E-state index contributed by atoms with van der Waals surface area (Å²) in [5.41, 5.74) is 0. The lowest BCUT2D eigenvalue weighted by atomic mass is 10.1. The van der Waals surface area contributed by atoms with Crippen LogP contribution in [0.2, 0.25) is 0 Å². The van der Waals surface area contributed by atoms with Crippen LogP contribution >= 0.6 is 0 Å². The first kappa shape index (κ1) is 30.1. The van der Waals surface area contributed by atoms with Gasteiger partial charge >= 0.3 is 5.97 Å². The smallest absolute Gasteiger partial charge is 0.306 e. The van der Waals surface area contributed by atoms with Crippen molar-refractivity contribution in [2.75, 3.05) is 19.8 Å². The van der Waals surface area contributed by atoms with Gasteiger partial charge in [-0.15, -0.1) is 0 Å². The van der Waals surface area contributed by atoms with E-state index in [4.69, 9.17) is 9.47 Å². The Morgan fingerprint density at radius 3 is 1.90 bits per heavy atom. The van der Waals surface area contributed by atoms with Crippen molar-refractivity contribution in [2.24, 2.45) is 0 Å². The summed E-state index contributed by atoms with van der Waals surface area (Å²) in [6.45, 7) is 5.24. The highest BCUT2D eigenvalue weighted by atomic mass is 16.6. The third-order valence-electron chi connectivity index (χ3n) is 5.59. The van der Waals surface area contributed by atoms with Crippen LogP contribution in [-0.4, -0.2) is 37.0 Å². The van der Waals surface area contributed by atoms with E-state index < -0.39 is 6.10 Å². The normalized spacial score (nSPS) is 12.5. The number of esters is 1. The molecular weight excluding hydrogens is 388 g/mol. The molecule has 0 aliphatic carbocycles. The molecular formula is C27H52O4. The number of rotatable bonds is 24. The molecule has 0 fully saturated rings. The van der Waals surface area contributed by atoms with Gasteiger partial charge in [0.25, 0.3) is 0 Å². The monoisotopic (exact) mass is 440 g/mol. The van der Waals surface area contributed by atoms with Gasteiger partial charge in [0.05, 0.1) is 13.2 Å². The number of allylic oxidation sites excluding steroid dienone is 2. The van der Waals surface area contributed by atoms with Crippen LogP contribution in [0.4, 0.5) is 0 Å². The van der Waals surface area contributed by atoms with Crippen LogP contribution in [0, 0.1) is 0 Å². The Kier molecular flexibility index (Phi) is 24.7. The van der Waals surface area contributed by atoms with Crippen molar-refractivity contribution < 1.29 is 19.4 Å². The fraction of sp³-hybridized carbons (Fsp3) is 0.889. The van der Waals surface area contributed by atoms with Crippen LogP contribution in [-0.2, 0) is 14.3 Å². The molecule has 0 aromatic carbocycles. The summed E-state index contributed by atoms with van der Waals surface area (Å²) in [6, 6.07) is 0. The molecule has 0 aliphatic rings. The summed E-state index contributed by atoms with van der Waals surface area (Å²) in [7, 11) is 0. The van der Waals surface area contributed by atoms with Gasteiger partial charge in [0.2, 0.25) is 0 Å². The van der Waals surface area contributed by atoms with Crippen LogP contribution in [0.3, 0.4) is 0 Å². The van der Waals surface area contributed by atoms with Gasteiger partial charge < -0.3 is 14.6 Å². The number of aliphatic hydroxyl groups excluding tert-OH is 1. The molecule has 4 nitrogen and oxygen atoms in total. The lowest BCUT2D eigenvalue weighted by molar-refractivity contribution is -0.154. The summed E-state index contributed by atoms with van der Waals surface area (Å²) in [5, 5.41) is 9.40. The Hall–Kier alpha value is -0.870. The topological polar surface area (TPSA) is 55.8 Å². The van der Waals surface area contributed by atoms with Gasteiger partial charge in [-0.3, -0.25) is 4.79 Å². The van der Waals surface area contributed by atoms with Crippen LogP contribution < -0.4 is 0 Å². The number of ether oxygens (including phenoxy) is 2. The third-order valence-corrected chi connectivity index (χ3v) is 5.59. The number of hydrogen-bond donors (Lipinski definition) is 1. The average Bonchev–Trinajstić information content (AvgIpc) is 2.77. The van der Waals surface area contributed by atoms with Crippen molar-refractivity contribution in [2.45, 2.75) is 136 Å². The molecule has 31 heavy (non-hydrogen) atoms. The second-order valence-corrected chi connectivity index (χ2v) is 8.76. The molecule has 1 atom stereocenters. The maximum atomic E-state index is 11.9. The molecule has 1 unspecified atom stereocenters. The van der Waals surface area contributed by atoms with Crippen LogP contribution in [0.15, 0.2) is 12.2 Å². The summed E-state index contributed by atoms with van der Waals surface area (Å²) < 4.78 is 10.9. The third kappa shape index (κ3) is 23.6. The van der Waals surface area contributed by atoms with E-state index in [1.807, 2.05) is 0 Å². The highest BCUT2D eigenvalue weighted by Crippen LogP contribution is 2.10. The number of unbranched alkanes of at least 4 members (excludes halogenated alkanes) is 14. The first-order valence-electron chi connectivity index (χ1n) is 13.3. The second kappa shape index (κ2) is 25.4. The maximum absolute atomic E-state index is 11.9. The Labute approximate surface area is 193 Å². The van der Waals surface area contributed by atoms with E-state index in [1.54, 1.807) is 0 Å². The molecule has 0 rings (SSSR count). The summed E-state index contributed by atoms with van der Waals surface area (Å²) in [6.07, 6.45) is 25.3. The van der Waals surface area contributed by atoms with Gasteiger partial charge in [0.15, 0.2) is 0 Å². The first-order chi connectivity index (χ1) is 15.2. The molecule has 0 spiro atoms. The molecule has 0 saturated carbocycles. The summed E-state index contributed by atoms with van der Waals surface area (Å²) in [5.74, 6) is -0.214. The van der Waals surface area contributed by atoms with Crippen molar-refractivity contribution in [3.8, 4) is 0 Å². The molecule has 0 heterocycles. The average molecular weight is 441 g/mol. The van der Waals surface area contributed by atoms with E-state index in [0.29, 0.717) is 19.6 Å². The van der Waals surface area contributed by atoms with Crippen molar-refractivity contribution in [3.05, 3.63) is 12.2 Å². The molecule has 0 saturated heterocycles. The van der Waals surface area contributed by atoms with E-state index in [-0.39, 0.29) is 12.6 Å². The van der Waals surface area contributed by atoms with Gasteiger partial charge in [0, 0.05) is 13.0 Å². The van der Waals surface area contributed by atoms with Gasteiger partial charge in [-0.05, 0) is 38.5 Å². The zero-order valence-electron chi connectivity index (χ0n) is 20.8. The highest BCUT2D eigenvalue weighted by molar-refractivity contribution is 5.69. The van der Waals surface area contributed by atoms with Crippen LogP contribution in [0.1, 0.15) is 129 Å². The maximum Gasteiger partial charge on any atom is 0.306 e. The predicted octanol–water partition coefficient (Wildman–Crippen LogP) is 7.52. The van der Waals surface area contributed by atoms with Crippen molar-refractivity contribution in [1.29, 1.82) is 0 Å². The number of carbonyl (C=O) groups excluding carboxylic acids is 1. The van der Waals surface area contributed by atoms with E-state index >= 15 is 0 Å². The molecule has 1 N–H and O–H groups in total. The quantitative estimate of drug-likeness (QED) is 0.0957. The fourth-order valence-electron chi connectivity index (χ4n) is 3.55. The van der Waals surface area contributed by atoms with Crippen LogP contribution in [0.5, 0.6) is 0 Å². The minimum atomic E-state index is -0.525. The Morgan fingerprint density at radius 1 is 0.742 bits per heavy atom. The molecule has 4 heteroatoms. The van der Waals surface area contributed by atoms with E-state index in [0.717, 1.165) is 19.3 Å². The van der Waals surface area contributed by atoms with Crippen molar-refractivity contribution in [1.82, 2.24) is 0 Å². The number of carbonyl (C=O) groups is 1. The Balaban J connectivity index is 3.44. The van der Waals surface area contributed by atoms with Gasteiger partial charge in [-0.2, -0.15) is 0 Å². The molecule has 0 amide bonds. The SMILES string of the molecule is CCCCC/C=C\CCCCCCCCOCC(CO)OC(=O)CCCCCCCC. The van der Waals surface area contributed by atoms with Crippen molar-refractivity contribution >= 4 is 5.97 Å². The molecule has 0 radical (unpaired) electrons. The molecule has 0 aliphatic heterocycles. The zero-order chi connectivity index (χ0) is 22.8. The highest BCUT2D eigenvalue weighted by Gasteiger charge is 2.13. The van der Waals surface area contributed by atoms with Crippen LogP contribution in [0.25, 0.3) is 0 Å². The molecule has 184 valence electrons. The standard InChI is InChI=1S/C27H52O4/c1-3-5-7-9-11-12-13-14-15-16-17-19-21-23-30-25-26(24-28)31-27(29)22-20-18-10-8-6-4-2/h11-12,26,28H,3-10,13-25H2,1-2H3/b12-11-. The Morgan fingerprint density at radius 2 is 1.26 bits per heavy atom. The first-order valence-corrected chi connectivity index (χ1v) is 13.3. The largest absolute Gasteiger partial charge is 0.457 e. The summed E-state index contributed by atoms with van der Waals surface area (Å²) in [4.78, 5) is 11.9. The minimum Gasteiger partial charge on any atom is -0.457 e. The molecule has 0 aromatic heterocycles. The van der Waals surface area contributed by atoms with Gasteiger partial charge in [-0.1, -0.05) is 96.6 Å². The molecule has 0 aromatic rings. The lowest BCUT2D eigenvalue weighted by Gasteiger charge is -2.15. The summed E-state index contributed by atoms with van der Waals surface area (Å²) >= 11 is 0. The van der Waals surface area contributed by atoms with Gasteiger partial charge in [0.1, 0.15) is 6.10 Å². The lowest BCUT2D eigenvalue weighted by Crippen LogP contribution is -2.27. The fourth-order valence-corrected chi connectivity index (χ4v) is 3.55. The number of aliphatic hydroxyl groups is 1. The van der Waals surface area contributed by atoms with E-state index in [9.17, 15) is 9.90 Å². The predicted molar refractivity (Wildman–Crippen MR) is 131 cm³/mol. The zero-order valence-corrected chi connectivity index (χ0v) is 20.8. The van der Waals surface area contributed by atoms with Crippen molar-refractivity contribution in [3.63, 3.8) is 0 Å². The second-order valence-electron chi connectivity index (χ2n) is 8.76. The van der Waals surface area contributed by atoms with E-state index in [2.05, 4.69) is 26.0 Å². The van der Waals surface area contributed by atoms with Gasteiger partial charge in [-0.25, -0.2) is 0 Å². The van der Waals surface area contributed by atoms with E-state index in [1.165, 1.54) is 89.9 Å². The minimum absolute atomic E-state index is 0.171. The molecule has 0 bridgehead atoms. The Bertz CT molecular complexity index is 395. The number of hydrogen-bond acceptors (Lipinski definition) is 4.